The predicted octanol–water partition coefficient (Wildman–Crippen LogP) is 3.23. The van der Waals surface area contributed by atoms with Gasteiger partial charge in [0.25, 0.3) is 0 Å². The van der Waals surface area contributed by atoms with Crippen molar-refractivity contribution in [3.63, 3.8) is 0 Å². The number of nitrogens with one attached hydrogen (secondary N) is 1. The standard InChI is InChI=1S/C15H27N3O2/c1-5-19-13(15(2,3)4)14-17-12(20-18-14)10-16-11-8-6-7-9-11/h11,13,16H,5-10H2,1-4H3. The first-order valence-corrected chi connectivity index (χ1v) is 7.68. The molecule has 0 bridgehead atoms. The van der Waals surface area contributed by atoms with Crippen molar-refractivity contribution in [3.05, 3.63) is 11.7 Å². The van der Waals surface area contributed by atoms with Gasteiger partial charge in [0.05, 0.1) is 6.54 Å². The van der Waals surface area contributed by atoms with E-state index >= 15 is 0 Å². The molecular formula is C15H27N3O2. The van der Waals surface area contributed by atoms with Crippen molar-refractivity contribution in [3.8, 4) is 0 Å². The first-order valence-electron chi connectivity index (χ1n) is 7.68. The second-order valence-electron chi connectivity index (χ2n) is 6.61. The molecule has 1 fully saturated rings. The fourth-order valence-corrected chi connectivity index (χ4v) is 2.69. The van der Waals surface area contributed by atoms with Gasteiger partial charge in [0.1, 0.15) is 6.10 Å². The molecule has 1 unspecified atom stereocenters. The highest BCUT2D eigenvalue weighted by molar-refractivity contribution is 4.96. The molecule has 20 heavy (non-hydrogen) atoms. The van der Waals surface area contributed by atoms with Crippen LogP contribution in [0.2, 0.25) is 0 Å². The number of ether oxygens (including phenoxy) is 1. The van der Waals surface area contributed by atoms with Crippen molar-refractivity contribution in [1.82, 2.24) is 15.5 Å². The Labute approximate surface area is 121 Å². The molecule has 1 saturated carbocycles. The molecule has 114 valence electrons. The lowest BCUT2D eigenvalue weighted by molar-refractivity contribution is -0.0203. The van der Waals surface area contributed by atoms with E-state index in [0.717, 1.165) is 0 Å². The van der Waals surface area contributed by atoms with E-state index in [2.05, 4.69) is 36.2 Å². The van der Waals surface area contributed by atoms with Gasteiger partial charge in [-0.1, -0.05) is 38.8 Å². The number of aromatic nitrogens is 2. The highest BCUT2D eigenvalue weighted by Gasteiger charge is 2.31. The van der Waals surface area contributed by atoms with Crippen LogP contribution in [0.4, 0.5) is 0 Å². The summed E-state index contributed by atoms with van der Waals surface area (Å²) in [5.74, 6) is 1.31. The van der Waals surface area contributed by atoms with Crippen LogP contribution in [-0.4, -0.2) is 22.8 Å². The van der Waals surface area contributed by atoms with Gasteiger partial charge in [-0.2, -0.15) is 4.98 Å². The highest BCUT2D eigenvalue weighted by atomic mass is 16.5. The average Bonchev–Trinajstić information content (AvgIpc) is 3.03. The molecule has 5 nitrogen and oxygen atoms in total. The summed E-state index contributed by atoms with van der Waals surface area (Å²) in [4.78, 5) is 4.49. The van der Waals surface area contributed by atoms with Gasteiger partial charge in [0.15, 0.2) is 0 Å². The molecule has 1 aliphatic carbocycles. The van der Waals surface area contributed by atoms with Gasteiger partial charge >= 0.3 is 0 Å². The van der Waals surface area contributed by atoms with E-state index in [9.17, 15) is 0 Å². The van der Waals surface area contributed by atoms with Crippen molar-refractivity contribution < 1.29 is 9.26 Å². The summed E-state index contributed by atoms with van der Waals surface area (Å²) in [7, 11) is 0. The zero-order valence-electron chi connectivity index (χ0n) is 13.1. The predicted molar refractivity (Wildman–Crippen MR) is 77.2 cm³/mol. The molecule has 1 aromatic heterocycles. The normalized spacial score (nSPS) is 18.6. The smallest absolute Gasteiger partial charge is 0.240 e. The zero-order valence-corrected chi connectivity index (χ0v) is 13.1. The first-order chi connectivity index (χ1) is 9.50. The lowest BCUT2D eigenvalue weighted by Crippen LogP contribution is -2.25. The van der Waals surface area contributed by atoms with Crippen LogP contribution in [0, 0.1) is 5.41 Å². The van der Waals surface area contributed by atoms with Crippen molar-refractivity contribution in [2.24, 2.45) is 5.41 Å². The van der Waals surface area contributed by atoms with Crippen LogP contribution in [-0.2, 0) is 11.3 Å². The van der Waals surface area contributed by atoms with Crippen LogP contribution in [0.25, 0.3) is 0 Å². The van der Waals surface area contributed by atoms with Crippen LogP contribution < -0.4 is 5.32 Å². The molecule has 0 amide bonds. The third-order valence-corrected chi connectivity index (χ3v) is 3.74. The third kappa shape index (κ3) is 4.03. The van der Waals surface area contributed by atoms with Gasteiger partial charge in [-0.25, -0.2) is 0 Å². The Kier molecular flexibility index (Phi) is 5.16. The zero-order chi connectivity index (χ0) is 14.6. The summed E-state index contributed by atoms with van der Waals surface area (Å²) in [6.07, 6.45) is 5.03. The van der Waals surface area contributed by atoms with Crippen LogP contribution in [0.15, 0.2) is 4.52 Å². The molecular weight excluding hydrogens is 254 g/mol. The number of hydrogen-bond acceptors (Lipinski definition) is 5. The topological polar surface area (TPSA) is 60.2 Å². The molecule has 0 spiro atoms. The minimum atomic E-state index is -0.128. The second kappa shape index (κ2) is 6.68. The molecule has 2 rings (SSSR count). The molecule has 0 aliphatic heterocycles. The van der Waals surface area contributed by atoms with Gasteiger partial charge in [-0.05, 0) is 25.2 Å². The van der Waals surface area contributed by atoms with E-state index in [1.165, 1.54) is 25.7 Å². The summed E-state index contributed by atoms with van der Waals surface area (Å²) in [6, 6.07) is 0.607. The Bertz CT molecular complexity index is 405. The van der Waals surface area contributed by atoms with Gasteiger partial charge < -0.3 is 14.6 Å². The van der Waals surface area contributed by atoms with Crippen molar-refractivity contribution in [1.29, 1.82) is 0 Å². The average molecular weight is 281 g/mol. The third-order valence-electron chi connectivity index (χ3n) is 3.74. The van der Waals surface area contributed by atoms with Crippen LogP contribution in [0.3, 0.4) is 0 Å². The fraction of sp³-hybridized carbons (Fsp3) is 0.867. The molecule has 0 saturated heterocycles. The summed E-state index contributed by atoms with van der Waals surface area (Å²) >= 11 is 0. The SMILES string of the molecule is CCOC(c1noc(CNC2CCCC2)n1)C(C)(C)C. The molecule has 0 radical (unpaired) electrons. The minimum absolute atomic E-state index is 0.0456. The Morgan fingerprint density at radius 1 is 1.35 bits per heavy atom. The summed E-state index contributed by atoms with van der Waals surface area (Å²) in [6.45, 7) is 9.66. The van der Waals surface area contributed by atoms with Gasteiger partial charge in [0.2, 0.25) is 11.7 Å². The first kappa shape index (κ1) is 15.4. The van der Waals surface area contributed by atoms with E-state index in [1.807, 2.05) is 6.92 Å². The second-order valence-corrected chi connectivity index (χ2v) is 6.61. The van der Waals surface area contributed by atoms with Crippen molar-refractivity contribution in [2.45, 2.75) is 72.1 Å². The van der Waals surface area contributed by atoms with Crippen LogP contribution in [0.1, 0.15) is 71.2 Å². The van der Waals surface area contributed by atoms with Gasteiger partial charge in [-0.15, -0.1) is 0 Å². The maximum atomic E-state index is 5.78. The van der Waals surface area contributed by atoms with Crippen LogP contribution in [0.5, 0.6) is 0 Å². The summed E-state index contributed by atoms with van der Waals surface area (Å²) in [5.41, 5.74) is -0.0456. The van der Waals surface area contributed by atoms with Crippen LogP contribution >= 0.6 is 0 Å². The minimum Gasteiger partial charge on any atom is -0.370 e. The van der Waals surface area contributed by atoms with E-state index in [1.54, 1.807) is 0 Å². The maximum Gasteiger partial charge on any atom is 0.240 e. The highest BCUT2D eigenvalue weighted by Crippen LogP contribution is 2.34. The number of nitrogens with zero attached hydrogens (tertiary/aromatic N) is 2. The molecule has 1 atom stereocenters. The summed E-state index contributed by atoms with van der Waals surface area (Å²) < 4.78 is 11.1. The number of hydrogen-bond donors (Lipinski definition) is 1. The Balaban J connectivity index is 1.95. The van der Waals surface area contributed by atoms with Gasteiger partial charge in [-0.3, -0.25) is 0 Å². The van der Waals surface area contributed by atoms with Crippen molar-refractivity contribution >= 4 is 0 Å². The fourth-order valence-electron chi connectivity index (χ4n) is 2.69. The molecule has 1 aliphatic rings. The van der Waals surface area contributed by atoms with E-state index in [0.29, 0.717) is 30.9 Å². The molecule has 0 aromatic carbocycles. The molecule has 1 N–H and O–H groups in total. The largest absolute Gasteiger partial charge is 0.370 e. The lowest BCUT2D eigenvalue weighted by Gasteiger charge is -2.27. The molecule has 1 heterocycles. The number of rotatable bonds is 6. The molecule has 1 aromatic rings. The Hall–Kier alpha value is -0.940. The van der Waals surface area contributed by atoms with E-state index in [4.69, 9.17) is 9.26 Å². The Morgan fingerprint density at radius 3 is 2.65 bits per heavy atom. The monoisotopic (exact) mass is 281 g/mol. The lowest BCUT2D eigenvalue weighted by atomic mass is 9.88. The molecule has 5 heteroatoms. The van der Waals surface area contributed by atoms with E-state index in [-0.39, 0.29) is 11.5 Å². The maximum absolute atomic E-state index is 5.78. The van der Waals surface area contributed by atoms with Gasteiger partial charge in [0, 0.05) is 12.6 Å². The Morgan fingerprint density at radius 2 is 2.05 bits per heavy atom. The van der Waals surface area contributed by atoms with E-state index < -0.39 is 0 Å². The van der Waals surface area contributed by atoms with Crippen molar-refractivity contribution in [2.75, 3.05) is 6.61 Å². The summed E-state index contributed by atoms with van der Waals surface area (Å²) in [5, 5.41) is 7.58. The quantitative estimate of drug-likeness (QED) is 0.867.